The van der Waals surface area contributed by atoms with Crippen LogP contribution in [0.15, 0.2) is 47.2 Å². The molecule has 0 atom stereocenters. The van der Waals surface area contributed by atoms with Crippen LogP contribution in [0.2, 0.25) is 0 Å². The molecular formula is C17H22N2O2. The third-order valence-corrected chi connectivity index (χ3v) is 4.18. The molecule has 1 aromatic carbocycles. The van der Waals surface area contributed by atoms with Gasteiger partial charge in [-0.2, -0.15) is 0 Å². The fourth-order valence-electron chi connectivity index (χ4n) is 3.16. The van der Waals surface area contributed by atoms with Crippen molar-refractivity contribution in [2.75, 3.05) is 6.54 Å². The van der Waals surface area contributed by atoms with Crippen molar-refractivity contribution in [1.29, 1.82) is 0 Å². The van der Waals surface area contributed by atoms with Gasteiger partial charge in [0.1, 0.15) is 6.26 Å². The first-order valence-electron chi connectivity index (χ1n) is 7.61. The van der Waals surface area contributed by atoms with Crippen LogP contribution in [0.5, 0.6) is 0 Å². The Bertz CT molecular complexity index is 533. The summed E-state index contributed by atoms with van der Waals surface area (Å²) in [7, 11) is 0. The van der Waals surface area contributed by atoms with Gasteiger partial charge < -0.3 is 9.63 Å². The smallest absolute Gasteiger partial charge is 0.124 e. The van der Waals surface area contributed by atoms with Gasteiger partial charge in [-0.3, -0.25) is 4.90 Å². The summed E-state index contributed by atoms with van der Waals surface area (Å²) in [4.78, 5) is 2.26. The van der Waals surface area contributed by atoms with E-state index in [9.17, 15) is 5.11 Å². The van der Waals surface area contributed by atoms with Gasteiger partial charge in [-0.15, -0.1) is 0 Å². The molecule has 4 heteroatoms. The molecule has 0 aliphatic heterocycles. The first-order chi connectivity index (χ1) is 10.2. The van der Waals surface area contributed by atoms with E-state index in [4.69, 9.17) is 4.52 Å². The molecule has 4 nitrogen and oxygen atoms in total. The molecule has 112 valence electrons. The van der Waals surface area contributed by atoms with Crippen molar-refractivity contribution in [3.63, 3.8) is 0 Å². The van der Waals surface area contributed by atoms with Crippen molar-refractivity contribution in [2.24, 2.45) is 0 Å². The Hall–Kier alpha value is -1.65. The Balaban J connectivity index is 1.70. The Morgan fingerprint density at radius 3 is 2.52 bits per heavy atom. The minimum absolute atomic E-state index is 0.543. The van der Waals surface area contributed by atoms with Crippen molar-refractivity contribution in [3.8, 4) is 0 Å². The number of rotatable bonds is 6. The summed E-state index contributed by atoms with van der Waals surface area (Å²) in [6.45, 7) is 2.21. The Kier molecular flexibility index (Phi) is 4.36. The van der Waals surface area contributed by atoms with Gasteiger partial charge in [0, 0.05) is 25.7 Å². The molecule has 2 aromatic rings. The number of hydrogen-bond donors (Lipinski definition) is 1. The van der Waals surface area contributed by atoms with Gasteiger partial charge >= 0.3 is 0 Å². The Morgan fingerprint density at radius 2 is 1.86 bits per heavy atom. The van der Waals surface area contributed by atoms with Gasteiger partial charge in [0.05, 0.1) is 11.3 Å². The lowest BCUT2D eigenvalue weighted by Gasteiger charge is -2.31. The highest BCUT2D eigenvalue weighted by atomic mass is 16.5. The second-order valence-corrected chi connectivity index (χ2v) is 6.05. The maximum atomic E-state index is 10.7. The van der Waals surface area contributed by atoms with E-state index in [0.717, 1.165) is 37.9 Å². The van der Waals surface area contributed by atoms with Gasteiger partial charge in [-0.05, 0) is 18.4 Å². The van der Waals surface area contributed by atoms with E-state index < -0.39 is 5.60 Å². The molecule has 3 rings (SSSR count). The SMILES string of the molecule is OC1(CN(Cc2ccccc2)Cc2ccon2)CCCC1. The van der Waals surface area contributed by atoms with Crippen LogP contribution in [0.1, 0.15) is 36.9 Å². The van der Waals surface area contributed by atoms with Gasteiger partial charge in [0.15, 0.2) is 0 Å². The largest absolute Gasteiger partial charge is 0.389 e. The van der Waals surface area contributed by atoms with Crippen LogP contribution in [-0.2, 0) is 13.1 Å². The molecule has 0 radical (unpaired) electrons. The quantitative estimate of drug-likeness (QED) is 0.887. The third-order valence-electron chi connectivity index (χ3n) is 4.18. The molecule has 1 aliphatic carbocycles. The lowest BCUT2D eigenvalue weighted by Crippen LogP contribution is -2.40. The van der Waals surface area contributed by atoms with E-state index in [1.807, 2.05) is 24.3 Å². The number of aromatic nitrogens is 1. The molecule has 1 N–H and O–H groups in total. The minimum Gasteiger partial charge on any atom is -0.389 e. The predicted octanol–water partition coefficient (Wildman–Crippen LogP) is 2.98. The lowest BCUT2D eigenvalue weighted by atomic mass is 10.0. The van der Waals surface area contributed by atoms with Gasteiger partial charge in [-0.1, -0.05) is 48.3 Å². The molecule has 1 fully saturated rings. The Morgan fingerprint density at radius 1 is 1.10 bits per heavy atom. The summed E-state index contributed by atoms with van der Waals surface area (Å²) >= 11 is 0. The second-order valence-electron chi connectivity index (χ2n) is 6.05. The van der Waals surface area contributed by atoms with Crippen LogP contribution in [0.25, 0.3) is 0 Å². The third kappa shape index (κ3) is 3.93. The average molecular weight is 286 g/mol. The predicted molar refractivity (Wildman–Crippen MR) is 80.5 cm³/mol. The fourth-order valence-corrected chi connectivity index (χ4v) is 3.16. The molecule has 0 saturated heterocycles. The second kappa shape index (κ2) is 6.41. The van der Waals surface area contributed by atoms with Crippen LogP contribution in [0.3, 0.4) is 0 Å². The van der Waals surface area contributed by atoms with Crippen LogP contribution < -0.4 is 0 Å². The summed E-state index contributed by atoms with van der Waals surface area (Å²) in [5, 5.41) is 14.7. The Labute approximate surface area is 125 Å². The van der Waals surface area contributed by atoms with Crippen LogP contribution in [0.4, 0.5) is 0 Å². The lowest BCUT2D eigenvalue weighted by molar-refractivity contribution is 0.00397. The number of aliphatic hydroxyl groups is 1. The zero-order chi connectivity index (χ0) is 14.5. The zero-order valence-corrected chi connectivity index (χ0v) is 12.2. The molecule has 1 heterocycles. The van der Waals surface area contributed by atoms with E-state index in [0.29, 0.717) is 13.1 Å². The highest BCUT2D eigenvalue weighted by molar-refractivity contribution is 5.14. The van der Waals surface area contributed by atoms with Gasteiger partial charge in [0.25, 0.3) is 0 Å². The van der Waals surface area contributed by atoms with E-state index in [1.165, 1.54) is 5.56 Å². The molecular weight excluding hydrogens is 264 g/mol. The van der Waals surface area contributed by atoms with E-state index in [1.54, 1.807) is 6.26 Å². The number of nitrogens with zero attached hydrogens (tertiary/aromatic N) is 2. The van der Waals surface area contributed by atoms with Crippen molar-refractivity contribution in [3.05, 3.63) is 53.9 Å². The normalized spacial score (nSPS) is 17.4. The summed E-state index contributed by atoms with van der Waals surface area (Å²) in [5.74, 6) is 0. The highest BCUT2D eigenvalue weighted by Crippen LogP contribution is 2.31. The van der Waals surface area contributed by atoms with Crippen molar-refractivity contribution < 1.29 is 9.63 Å². The van der Waals surface area contributed by atoms with Crippen molar-refractivity contribution in [1.82, 2.24) is 10.1 Å². The summed E-state index contributed by atoms with van der Waals surface area (Å²) < 4.78 is 4.92. The maximum Gasteiger partial charge on any atom is 0.124 e. The topological polar surface area (TPSA) is 49.5 Å². The highest BCUT2D eigenvalue weighted by Gasteiger charge is 2.33. The van der Waals surface area contributed by atoms with Crippen LogP contribution in [-0.4, -0.2) is 27.3 Å². The first-order valence-corrected chi connectivity index (χ1v) is 7.61. The monoisotopic (exact) mass is 286 g/mol. The van der Waals surface area contributed by atoms with Gasteiger partial charge in [0.2, 0.25) is 0 Å². The standard InChI is InChI=1S/C17H22N2O2/c20-17(9-4-5-10-17)14-19(13-16-8-11-21-18-16)12-15-6-2-1-3-7-15/h1-3,6-8,11,20H,4-5,9-10,12-14H2. The summed E-state index contributed by atoms with van der Waals surface area (Å²) in [5.41, 5.74) is 1.62. The fraction of sp³-hybridized carbons (Fsp3) is 0.471. The molecule has 1 saturated carbocycles. The molecule has 1 aliphatic rings. The summed E-state index contributed by atoms with van der Waals surface area (Å²) in [6, 6.07) is 12.2. The van der Waals surface area contributed by atoms with E-state index in [-0.39, 0.29) is 0 Å². The van der Waals surface area contributed by atoms with E-state index in [2.05, 4.69) is 22.2 Å². The minimum atomic E-state index is -0.543. The zero-order valence-electron chi connectivity index (χ0n) is 12.2. The average Bonchev–Trinajstić information content (AvgIpc) is 3.12. The summed E-state index contributed by atoms with van der Waals surface area (Å²) in [6.07, 6.45) is 5.65. The maximum absolute atomic E-state index is 10.7. The molecule has 0 unspecified atom stereocenters. The van der Waals surface area contributed by atoms with Crippen LogP contribution in [0, 0.1) is 0 Å². The molecule has 21 heavy (non-hydrogen) atoms. The first kappa shape index (κ1) is 14.3. The number of benzene rings is 1. The molecule has 1 aromatic heterocycles. The van der Waals surface area contributed by atoms with E-state index >= 15 is 0 Å². The molecule has 0 amide bonds. The van der Waals surface area contributed by atoms with Crippen molar-refractivity contribution >= 4 is 0 Å². The molecule has 0 bridgehead atoms. The van der Waals surface area contributed by atoms with Crippen molar-refractivity contribution in [2.45, 2.75) is 44.4 Å². The van der Waals surface area contributed by atoms with Crippen LogP contribution >= 0.6 is 0 Å². The number of hydrogen-bond acceptors (Lipinski definition) is 4. The van der Waals surface area contributed by atoms with Gasteiger partial charge in [-0.25, -0.2) is 0 Å². The molecule has 0 spiro atoms.